The maximum atomic E-state index is 6.95. The van der Waals surface area contributed by atoms with Gasteiger partial charge in [0.1, 0.15) is 11.2 Å². The zero-order valence-electron chi connectivity index (χ0n) is 25.0. The Hall–Kier alpha value is -6.06. The molecule has 46 heavy (non-hydrogen) atoms. The normalized spacial score (nSPS) is 12.3. The molecule has 0 amide bonds. The van der Waals surface area contributed by atoms with E-state index in [1.807, 2.05) is 0 Å². The largest absolute Gasteiger partial charge is 0.455 e. The zero-order valence-corrected chi connectivity index (χ0v) is 25.0. The maximum Gasteiger partial charge on any atom is 0.145 e. The molecule has 0 atom stereocenters. The van der Waals surface area contributed by atoms with Gasteiger partial charge in [0.2, 0.25) is 0 Å². The summed E-state index contributed by atoms with van der Waals surface area (Å²) in [6, 6.07) is 56.4. The lowest BCUT2D eigenvalue weighted by Crippen LogP contribution is -2.09. The van der Waals surface area contributed by atoms with Crippen molar-refractivity contribution < 1.29 is 4.42 Å². The van der Waals surface area contributed by atoms with Gasteiger partial charge < -0.3 is 13.9 Å². The Kier molecular flexibility index (Phi) is 5.34. The van der Waals surface area contributed by atoms with Crippen molar-refractivity contribution in [1.82, 2.24) is 4.57 Å². The van der Waals surface area contributed by atoms with Crippen LogP contribution in [0.5, 0.6) is 0 Å². The van der Waals surface area contributed by atoms with E-state index in [0.717, 1.165) is 62.1 Å². The molecule has 3 heteroatoms. The highest BCUT2D eigenvalue weighted by Crippen LogP contribution is 2.47. The third-order valence-corrected chi connectivity index (χ3v) is 9.59. The lowest BCUT2D eigenvalue weighted by atomic mass is 10.0. The van der Waals surface area contributed by atoms with E-state index in [0.29, 0.717) is 0 Å². The summed E-state index contributed by atoms with van der Waals surface area (Å²) in [5.74, 6) is 0. The minimum Gasteiger partial charge on any atom is -0.455 e. The van der Waals surface area contributed by atoms with Crippen molar-refractivity contribution >= 4 is 60.8 Å². The van der Waals surface area contributed by atoms with Crippen LogP contribution in [0, 0.1) is 0 Å². The molecule has 7 aromatic carbocycles. The van der Waals surface area contributed by atoms with E-state index in [-0.39, 0.29) is 0 Å². The Bertz CT molecular complexity index is 2550. The first kappa shape index (κ1) is 25.3. The van der Waals surface area contributed by atoms with Crippen molar-refractivity contribution in [2.45, 2.75) is 6.42 Å². The lowest BCUT2D eigenvalue weighted by molar-refractivity contribution is 0.674. The monoisotopic (exact) mass is 588 g/mol. The summed E-state index contributed by atoms with van der Waals surface area (Å²) in [4.78, 5) is 2.30. The number of fused-ring (bicyclic) bond motifs is 11. The third-order valence-electron chi connectivity index (χ3n) is 9.59. The second-order valence-electron chi connectivity index (χ2n) is 12.1. The summed E-state index contributed by atoms with van der Waals surface area (Å²) in [7, 11) is 0. The van der Waals surface area contributed by atoms with Crippen molar-refractivity contribution in [2.75, 3.05) is 4.90 Å². The second kappa shape index (κ2) is 9.72. The molecule has 9 aromatic rings. The van der Waals surface area contributed by atoms with Gasteiger partial charge in [-0.25, -0.2) is 0 Å². The van der Waals surface area contributed by atoms with Crippen LogP contribution in [-0.4, -0.2) is 4.57 Å². The molecule has 1 aliphatic rings. The second-order valence-corrected chi connectivity index (χ2v) is 12.1. The van der Waals surface area contributed by atoms with Gasteiger partial charge in [0.25, 0.3) is 0 Å². The molecule has 0 saturated heterocycles. The molecule has 0 aliphatic heterocycles. The van der Waals surface area contributed by atoms with Crippen LogP contribution in [0.3, 0.4) is 0 Å². The van der Waals surface area contributed by atoms with Crippen LogP contribution in [0.25, 0.3) is 60.6 Å². The summed E-state index contributed by atoms with van der Waals surface area (Å²) in [5, 5.41) is 4.69. The van der Waals surface area contributed by atoms with Gasteiger partial charge in [-0.15, -0.1) is 0 Å². The van der Waals surface area contributed by atoms with Crippen molar-refractivity contribution in [3.05, 3.63) is 169 Å². The summed E-state index contributed by atoms with van der Waals surface area (Å²) in [5.41, 5.74) is 14.0. The Balaban J connectivity index is 1.18. The number of hydrogen-bond acceptors (Lipinski definition) is 2. The highest BCUT2D eigenvalue weighted by molar-refractivity contribution is 6.25. The Morgan fingerprint density at radius 1 is 0.457 bits per heavy atom. The molecule has 0 N–H and O–H groups in total. The standard InChI is InChI=1S/C43H28N2O/c1-3-12-30(13-4-1)44(31-14-5-2-6-15-31)32-20-22-33(23-21-32)45-38-18-10-9-17-37(38)41-39(45)26-25-36-35-24-19-29-27-28-11-7-8-16-34(28)40(29)42(35)46-43(36)41/h1-26H,27H2. The Morgan fingerprint density at radius 2 is 1.09 bits per heavy atom. The third kappa shape index (κ3) is 3.60. The molecule has 2 heterocycles. The predicted octanol–water partition coefficient (Wildman–Crippen LogP) is 11.7. The van der Waals surface area contributed by atoms with Gasteiger partial charge in [-0.3, -0.25) is 0 Å². The molecule has 0 unspecified atom stereocenters. The molecule has 0 fully saturated rings. The zero-order chi connectivity index (χ0) is 30.2. The highest BCUT2D eigenvalue weighted by atomic mass is 16.3. The first-order valence-electron chi connectivity index (χ1n) is 15.8. The Morgan fingerprint density at radius 3 is 1.87 bits per heavy atom. The van der Waals surface area contributed by atoms with E-state index >= 15 is 0 Å². The van der Waals surface area contributed by atoms with Crippen molar-refractivity contribution in [3.8, 4) is 16.8 Å². The summed E-state index contributed by atoms with van der Waals surface area (Å²) >= 11 is 0. The maximum absolute atomic E-state index is 6.95. The van der Waals surface area contributed by atoms with Crippen LogP contribution >= 0.6 is 0 Å². The molecule has 0 radical (unpaired) electrons. The van der Waals surface area contributed by atoms with E-state index in [2.05, 4.69) is 167 Å². The fourth-order valence-corrected chi connectivity index (χ4v) is 7.59. The van der Waals surface area contributed by atoms with Gasteiger partial charge in [-0.1, -0.05) is 91.0 Å². The van der Waals surface area contributed by atoms with Crippen molar-refractivity contribution in [2.24, 2.45) is 0 Å². The summed E-state index contributed by atoms with van der Waals surface area (Å²) in [6.45, 7) is 0. The van der Waals surface area contributed by atoms with Crippen molar-refractivity contribution in [1.29, 1.82) is 0 Å². The van der Waals surface area contributed by atoms with E-state index in [1.165, 1.54) is 33.0 Å². The summed E-state index contributed by atoms with van der Waals surface area (Å²) in [6.07, 6.45) is 0.954. The molecule has 0 saturated carbocycles. The predicted molar refractivity (Wildman–Crippen MR) is 191 cm³/mol. The van der Waals surface area contributed by atoms with Gasteiger partial charge >= 0.3 is 0 Å². The highest BCUT2D eigenvalue weighted by Gasteiger charge is 2.25. The van der Waals surface area contributed by atoms with Crippen LogP contribution in [0.2, 0.25) is 0 Å². The van der Waals surface area contributed by atoms with Crippen LogP contribution in [0.4, 0.5) is 17.1 Å². The van der Waals surface area contributed by atoms with E-state index in [1.54, 1.807) is 0 Å². The van der Waals surface area contributed by atoms with Crippen LogP contribution in [-0.2, 0) is 6.42 Å². The molecule has 1 aliphatic carbocycles. The topological polar surface area (TPSA) is 21.3 Å². The number of anilines is 3. The molecule has 10 rings (SSSR count). The smallest absolute Gasteiger partial charge is 0.145 e. The first-order chi connectivity index (χ1) is 22.8. The Labute approximate surface area is 266 Å². The first-order valence-corrected chi connectivity index (χ1v) is 15.8. The number of aromatic nitrogens is 1. The number of benzene rings is 7. The van der Waals surface area contributed by atoms with Gasteiger partial charge in [-0.2, -0.15) is 0 Å². The van der Waals surface area contributed by atoms with Crippen LogP contribution in [0.15, 0.2) is 162 Å². The number of para-hydroxylation sites is 3. The molecular weight excluding hydrogens is 560 g/mol. The SMILES string of the molecule is c1ccc(N(c2ccccc2)c2ccc(-n3c4ccccc4c4c5oc6c7c(ccc6c5ccc43)Cc3ccccc3-7)cc2)cc1. The van der Waals surface area contributed by atoms with Gasteiger partial charge in [0.15, 0.2) is 0 Å². The fourth-order valence-electron chi connectivity index (χ4n) is 7.59. The van der Waals surface area contributed by atoms with Crippen LogP contribution < -0.4 is 4.90 Å². The number of furan rings is 1. The molecule has 0 spiro atoms. The van der Waals surface area contributed by atoms with Crippen LogP contribution in [0.1, 0.15) is 11.1 Å². The average Bonchev–Trinajstić information content (AvgIpc) is 3.79. The van der Waals surface area contributed by atoms with E-state index in [4.69, 9.17) is 4.42 Å². The molecule has 2 aromatic heterocycles. The number of nitrogens with zero attached hydrogens (tertiary/aromatic N) is 2. The molecule has 216 valence electrons. The molecular formula is C43H28N2O. The lowest BCUT2D eigenvalue weighted by Gasteiger charge is -2.25. The number of rotatable bonds is 4. The minimum atomic E-state index is 0.954. The molecule has 3 nitrogen and oxygen atoms in total. The van der Waals surface area contributed by atoms with E-state index < -0.39 is 0 Å². The minimum absolute atomic E-state index is 0.954. The average molecular weight is 589 g/mol. The molecule has 0 bridgehead atoms. The van der Waals surface area contributed by atoms with Gasteiger partial charge in [0, 0.05) is 44.5 Å². The van der Waals surface area contributed by atoms with Gasteiger partial charge in [-0.05, 0) is 89.8 Å². The van der Waals surface area contributed by atoms with Crippen molar-refractivity contribution in [3.63, 3.8) is 0 Å². The quantitative estimate of drug-likeness (QED) is 0.204. The summed E-state index contributed by atoms with van der Waals surface area (Å²) < 4.78 is 9.32. The van der Waals surface area contributed by atoms with E-state index in [9.17, 15) is 0 Å². The number of hydrogen-bond donors (Lipinski definition) is 0. The fraction of sp³-hybridized carbons (Fsp3) is 0.0233. The van der Waals surface area contributed by atoms with Gasteiger partial charge in [0.05, 0.1) is 16.4 Å².